The molecule has 0 bridgehead atoms. The molecule has 3 nitrogen and oxygen atoms in total. The van der Waals surface area contributed by atoms with E-state index in [0.29, 0.717) is 24.5 Å². The minimum absolute atomic E-state index is 0.0828. The van der Waals surface area contributed by atoms with Gasteiger partial charge < -0.3 is 9.47 Å². The molecule has 1 spiro atoms. The van der Waals surface area contributed by atoms with Crippen LogP contribution in [0.1, 0.15) is 112 Å². The van der Waals surface area contributed by atoms with Crippen molar-refractivity contribution in [3.05, 3.63) is 0 Å². The highest BCUT2D eigenvalue weighted by molar-refractivity contribution is 5.79. The standard InChI is InChI=1S/C31H52O3/c1-20(2)8-7-9-21(3)25-12-13-26-24-11-10-23-18-31(33-16-17-34-31)28(22(4)32)19-30(23,6)27(24)14-15-29(25,26)5/h20-21,23-28H,7-19H2,1-6H3/t21-,23+,24+,25-,26+,27+,28-,29-,30+/m1/s1. The molecule has 0 aromatic heterocycles. The Bertz CT molecular complexity index is 754. The lowest BCUT2D eigenvalue weighted by atomic mass is 9.43. The fraction of sp³-hybridized carbons (Fsp3) is 0.968. The average molecular weight is 473 g/mol. The number of fused-ring (bicyclic) bond motifs is 5. The Hall–Kier alpha value is -0.410. The Labute approximate surface area is 209 Å². The first-order valence-corrected chi connectivity index (χ1v) is 14.9. The lowest BCUT2D eigenvalue weighted by molar-refractivity contribution is -0.255. The summed E-state index contributed by atoms with van der Waals surface area (Å²) in [6, 6.07) is 0. The van der Waals surface area contributed by atoms with Gasteiger partial charge >= 0.3 is 0 Å². The third-order valence-electron chi connectivity index (χ3n) is 12.2. The van der Waals surface area contributed by atoms with E-state index < -0.39 is 5.79 Å². The molecular weight excluding hydrogens is 420 g/mol. The Morgan fingerprint density at radius 2 is 1.59 bits per heavy atom. The van der Waals surface area contributed by atoms with Crippen molar-refractivity contribution in [1.29, 1.82) is 0 Å². The first-order chi connectivity index (χ1) is 16.1. The summed E-state index contributed by atoms with van der Waals surface area (Å²) >= 11 is 0. The van der Waals surface area contributed by atoms with Crippen molar-refractivity contribution in [2.45, 2.75) is 118 Å². The summed E-state index contributed by atoms with van der Waals surface area (Å²) in [5, 5.41) is 0. The van der Waals surface area contributed by atoms with Gasteiger partial charge in [0.1, 0.15) is 5.78 Å². The molecule has 0 unspecified atom stereocenters. The van der Waals surface area contributed by atoms with Crippen molar-refractivity contribution in [1.82, 2.24) is 0 Å². The Morgan fingerprint density at radius 3 is 2.26 bits per heavy atom. The maximum atomic E-state index is 12.9. The van der Waals surface area contributed by atoms with E-state index in [0.717, 1.165) is 48.3 Å². The number of hydrogen-bond donors (Lipinski definition) is 0. The summed E-state index contributed by atoms with van der Waals surface area (Å²) in [5.74, 6) is 5.36. The molecule has 0 aromatic carbocycles. The van der Waals surface area contributed by atoms with Crippen molar-refractivity contribution in [2.75, 3.05) is 13.2 Å². The van der Waals surface area contributed by atoms with E-state index in [-0.39, 0.29) is 17.1 Å². The number of carbonyl (C=O) groups is 1. The van der Waals surface area contributed by atoms with Gasteiger partial charge in [-0.25, -0.2) is 0 Å². The predicted octanol–water partition coefficient (Wildman–Crippen LogP) is 7.67. The molecule has 5 aliphatic rings. The van der Waals surface area contributed by atoms with Gasteiger partial charge in [-0.1, -0.05) is 53.9 Å². The first-order valence-electron chi connectivity index (χ1n) is 14.9. The monoisotopic (exact) mass is 472 g/mol. The highest BCUT2D eigenvalue weighted by atomic mass is 16.7. The molecule has 194 valence electrons. The number of Topliss-reactive ketones (excluding diaryl/α,β-unsaturated/α-hetero) is 1. The van der Waals surface area contributed by atoms with Gasteiger partial charge in [0.2, 0.25) is 0 Å². The van der Waals surface area contributed by atoms with Crippen molar-refractivity contribution in [3.8, 4) is 0 Å². The molecule has 0 N–H and O–H groups in total. The van der Waals surface area contributed by atoms with Crippen LogP contribution in [-0.4, -0.2) is 24.8 Å². The van der Waals surface area contributed by atoms with Crippen LogP contribution in [0.2, 0.25) is 0 Å². The summed E-state index contributed by atoms with van der Waals surface area (Å²) in [4.78, 5) is 12.9. The smallest absolute Gasteiger partial charge is 0.178 e. The Morgan fingerprint density at radius 1 is 0.882 bits per heavy atom. The van der Waals surface area contributed by atoms with Gasteiger partial charge in [-0.15, -0.1) is 0 Å². The Balaban J connectivity index is 1.33. The zero-order chi connectivity index (χ0) is 24.3. The minimum atomic E-state index is -0.615. The number of hydrogen-bond acceptors (Lipinski definition) is 3. The second-order valence-corrected chi connectivity index (χ2v) is 14.3. The average Bonchev–Trinajstić information content (AvgIpc) is 3.38. The van der Waals surface area contributed by atoms with E-state index in [2.05, 4.69) is 34.6 Å². The minimum Gasteiger partial charge on any atom is -0.347 e. The molecule has 1 heterocycles. The van der Waals surface area contributed by atoms with Crippen LogP contribution in [0.4, 0.5) is 0 Å². The lowest BCUT2D eigenvalue weighted by Crippen LogP contribution is -2.60. The fourth-order valence-electron chi connectivity index (χ4n) is 10.5. The van der Waals surface area contributed by atoms with Crippen LogP contribution in [-0.2, 0) is 14.3 Å². The van der Waals surface area contributed by atoms with E-state index in [9.17, 15) is 4.79 Å². The van der Waals surface area contributed by atoms with Crippen molar-refractivity contribution >= 4 is 5.78 Å². The van der Waals surface area contributed by atoms with Crippen LogP contribution >= 0.6 is 0 Å². The topological polar surface area (TPSA) is 35.5 Å². The van der Waals surface area contributed by atoms with Crippen LogP contribution < -0.4 is 0 Å². The van der Waals surface area contributed by atoms with Crippen LogP contribution in [0.15, 0.2) is 0 Å². The molecule has 1 aliphatic heterocycles. The summed E-state index contributed by atoms with van der Waals surface area (Å²) in [7, 11) is 0. The van der Waals surface area contributed by atoms with Gasteiger partial charge in [0, 0.05) is 6.42 Å². The molecule has 5 rings (SSSR count). The van der Waals surface area contributed by atoms with Gasteiger partial charge in [-0.2, -0.15) is 0 Å². The molecule has 0 amide bonds. The highest BCUT2D eigenvalue weighted by Gasteiger charge is 2.65. The van der Waals surface area contributed by atoms with Gasteiger partial charge in [0.15, 0.2) is 5.79 Å². The molecule has 0 radical (unpaired) electrons. The molecule has 4 saturated carbocycles. The van der Waals surface area contributed by atoms with Crippen LogP contribution in [0.3, 0.4) is 0 Å². The predicted molar refractivity (Wildman–Crippen MR) is 137 cm³/mol. The second-order valence-electron chi connectivity index (χ2n) is 14.3. The molecule has 34 heavy (non-hydrogen) atoms. The SMILES string of the molecule is CC(=O)[C@H]1C[C@@]2(C)[C@@H](CC[C@@H]3[C@@H]2CC[C@]2(C)[C@@H]([C@H](C)CCCC(C)C)CC[C@@H]32)CC12OCCO2. The molecule has 0 aromatic rings. The van der Waals surface area contributed by atoms with Crippen molar-refractivity contribution in [3.63, 3.8) is 0 Å². The van der Waals surface area contributed by atoms with E-state index in [1.807, 2.05) is 0 Å². The maximum Gasteiger partial charge on any atom is 0.178 e. The number of ketones is 1. The highest BCUT2D eigenvalue weighted by Crippen LogP contribution is 2.69. The van der Waals surface area contributed by atoms with Crippen molar-refractivity contribution < 1.29 is 14.3 Å². The third-order valence-corrected chi connectivity index (χ3v) is 12.2. The van der Waals surface area contributed by atoms with Crippen LogP contribution in [0.25, 0.3) is 0 Å². The van der Waals surface area contributed by atoms with Crippen LogP contribution in [0.5, 0.6) is 0 Å². The largest absolute Gasteiger partial charge is 0.347 e. The molecule has 5 fully saturated rings. The number of carbonyl (C=O) groups excluding carboxylic acids is 1. The van der Waals surface area contributed by atoms with E-state index in [1.54, 1.807) is 6.92 Å². The molecular formula is C31H52O3. The van der Waals surface area contributed by atoms with Crippen LogP contribution in [0, 0.1) is 58.2 Å². The lowest BCUT2D eigenvalue weighted by Gasteiger charge is -2.63. The maximum absolute atomic E-state index is 12.9. The van der Waals surface area contributed by atoms with Gasteiger partial charge in [0.25, 0.3) is 0 Å². The zero-order valence-corrected chi connectivity index (χ0v) is 23.0. The van der Waals surface area contributed by atoms with Crippen molar-refractivity contribution in [2.24, 2.45) is 58.2 Å². The molecule has 4 aliphatic carbocycles. The normalized spacial score (nSPS) is 46.2. The zero-order valence-electron chi connectivity index (χ0n) is 23.0. The molecule has 1 saturated heterocycles. The summed E-state index contributed by atoms with van der Waals surface area (Å²) in [6.07, 6.45) is 14.5. The first kappa shape index (κ1) is 25.2. The fourth-order valence-corrected chi connectivity index (χ4v) is 10.5. The third kappa shape index (κ3) is 3.94. The molecule has 9 atom stereocenters. The number of rotatable bonds is 6. The second kappa shape index (κ2) is 9.16. The van der Waals surface area contributed by atoms with Gasteiger partial charge in [-0.3, -0.25) is 4.79 Å². The summed E-state index contributed by atoms with van der Waals surface area (Å²) < 4.78 is 12.4. The van der Waals surface area contributed by atoms with Gasteiger partial charge in [-0.05, 0) is 104 Å². The van der Waals surface area contributed by atoms with E-state index in [4.69, 9.17) is 9.47 Å². The number of ether oxygens (including phenoxy) is 2. The Kier molecular flexibility index (Phi) is 6.80. The van der Waals surface area contributed by atoms with Gasteiger partial charge in [0.05, 0.1) is 19.1 Å². The van der Waals surface area contributed by atoms with E-state index >= 15 is 0 Å². The molecule has 3 heteroatoms. The van der Waals surface area contributed by atoms with E-state index in [1.165, 1.54) is 57.8 Å². The quantitative estimate of drug-likeness (QED) is 0.398. The summed E-state index contributed by atoms with van der Waals surface area (Å²) in [6.45, 7) is 15.6. The summed E-state index contributed by atoms with van der Waals surface area (Å²) in [5.41, 5.74) is 0.803.